The van der Waals surface area contributed by atoms with Gasteiger partial charge in [0.15, 0.2) is 5.16 Å². The number of aromatic nitrogens is 2. The van der Waals surface area contributed by atoms with Gasteiger partial charge in [0, 0.05) is 11.6 Å². The summed E-state index contributed by atoms with van der Waals surface area (Å²) < 4.78 is 5.12. The molecule has 0 spiro atoms. The topological polar surface area (TPSA) is 67.0 Å². The van der Waals surface area contributed by atoms with E-state index in [0.717, 1.165) is 22.3 Å². The maximum atomic E-state index is 12.3. The van der Waals surface area contributed by atoms with Gasteiger partial charge in [-0.05, 0) is 42.8 Å². The summed E-state index contributed by atoms with van der Waals surface area (Å²) >= 11 is 7.36. The Morgan fingerprint density at radius 1 is 1.32 bits per heavy atom. The first-order valence-electron chi connectivity index (χ1n) is 7.78. The number of carbonyl (C=O) groups excluding carboxylic acids is 1. The average Bonchev–Trinajstić information content (AvgIpc) is 3.01. The summed E-state index contributed by atoms with van der Waals surface area (Å²) in [5, 5.41) is 4.02. The van der Waals surface area contributed by atoms with E-state index in [1.807, 2.05) is 43.3 Å². The first-order chi connectivity index (χ1) is 12.0. The lowest BCUT2D eigenvalue weighted by molar-refractivity contribution is -0.120. The lowest BCUT2D eigenvalue weighted by Crippen LogP contribution is -2.30. The van der Waals surface area contributed by atoms with E-state index in [2.05, 4.69) is 15.3 Å². The molecule has 0 bridgehead atoms. The lowest BCUT2D eigenvalue weighted by atomic mass is 10.2. The van der Waals surface area contributed by atoms with Crippen molar-refractivity contribution in [3.05, 3.63) is 53.1 Å². The highest BCUT2D eigenvalue weighted by molar-refractivity contribution is 8.00. The van der Waals surface area contributed by atoms with Crippen molar-refractivity contribution in [2.24, 2.45) is 0 Å². The quantitative estimate of drug-likeness (QED) is 0.638. The number of hydrogen-bond acceptors (Lipinski definition) is 4. The van der Waals surface area contributed by atoms with Crippen LogP contribution in [0.1, 0.15) is 12.5 Å². The molecule has 0 saturated carbocycles. The minimum Gasteiger partial charge on any atom is -0.497 e. The number of benzene rings is 2. The van der Waals surface area contributed by atoms with Crippen LogP contribution in [0.5, 0.6) is 5.75 Å². The fraction of sp³-hybridized carbons (Fsp3) is 0.222. The fourth-order valence-corrected chi connectivity index (χ4v) is 3.33. The highest BCUT2D eigenvalue weighted by Crippen LogP contribution is 2.25. The zero-order valence-electron chi connectivity index (χ0n) is 13.9. The Morgan fingerprint density at radius 2 is 2.08 bits per heavy atom. The second kappa shape index (κ2) is 7.80. The normalized spacial score (nSPS) is 12.1. The van der Waals surface area contributed by atoms with E-state index in [4.69, 9.17) is 16.3 Å². The van der Waals surface area contributed by atoms with Gasteiger partial charge in [-0.1, -0.05) is 35.5 Å². The molecule has 2 N–H and O–H groups in total. The predicted octanol–water partition coefficient (Wildman–Crippen LogP) is 4.02. The maximum absolute atomic E-state index is 12.3. The summed E-state index contributed by atoms with van der Waals surface area (Å²) in [6.07, 6.45) is 0. The molecule has 0 fully saturated rings. The molecule has 1 aromatic heterocycles. The molecule has 2 aromatic carbocycles. The molecular formula is C18H18ClN3O2S. The van der Waals surface area contributed by atoms with Crippen LogP contribution in [-0.4, -0.2) is 28.2 Å². The molecule has 25 heavy (non-hydrogen) atoms. The van der Waals surface area contributed by atoms with Gasteiger partial charge in [0.1, 0.15) is 5.75 Å². The first-order valence-corrected chi connectivity index (χ1v) is 9.03. The minimum atomic E-state index is -0.269. The Bertz CT molecular complexity index is 880. The van der Waals surface area contributed by atoms with Crippen LogP contribution in [0, 0.1) is 0 Å². The van der Waals surface area contributed by atoms with E-state index in [0.29, 0.717) is 16.7 Å². The van der Waals surface area contributed by atoms with Crippen LogP contribution in [0.25, 0.3) is 11.0 Å². The van der Waals surface area contributed by atoms with Gasteiger partial charge < -0.3 is 15.0 Å². The summed E-state index contributed by atoms with van der Waals surface area (Å²) in [6, 6.07) is 13.1. The Kier molecular flexibility index (Phi) is 5.50. The van der Waals surface area contributed by atoms with Gasteiger partial charge in [-0.2, -0.15) is 0 Å². The minimum absolute atomic E-state index is 0.0423. The zero-order chi connectivity index (χ0) is 17.8. The predicted molar refractivity (Wildman–Crippen MR) is 101 cm³/mol. The molecule has 0 saturated heterocycles. The van der Waals surface area contributed by atoms with Crippen LogP contribution in [0.4, 0.5) is 0 Å². The van der Waals surface area contributed by atoms with Crippen molar-refractivity contribution in [1.29, 1.82) is 0 Å². The summed E-state index contributed by atoms with van der Waals surface area (Å²) in [7, 11) is 1.63. The standard InChI is InChI=1S/C18H18ClN3O2S/c1-11(17(23)20-10-12-3-6-14(24-2)7-4-12)25-18-21-15-8-5-13(19)9-16(15)22-18/h3-9,11H,10H2,1-2H3,(H,20,23)(H,21,22)/t11-/m0/s1. The van der Waals surface area contributed by atoms with Gasteiger partial charge in [0.05, 0.1) is 23.4 Å². The van der Waals surface area contributed by atoms with E-state index < -0.39 is 0 Å². The van der Waals surface area contributed by atoms with Gasteiger partial charge in [-0.3, -0.25) is 4.79 Å². The maximum Gasteiger partial charge on any atom is 0.233 e. The van der Waals surface area contributed by atoms with Gasteiger partial charge in [0.2, 0.25) is 5.91 Å². The smallest absolute Gasteiger partial charge is 0.233 e. The molecule has 3 rings (SSSR count). The number of rotatable bonds is 6. The Hall–Kier alpha value is -2.18. The number of fused-ring (bicyclic) bond motifs is 1. The number of halogens is 1. The van der Waals surface area contributed by atoms with Crippen molar-refractivity contribution >= 4 is 40.3 Å². The van der Waals surface area contributed by atoms with Crippen LogP contribution in [0.3, 0.4) is 0 Å². The number of thioether (sulfide) groups is 1. The van der Waals surface area contributed by atoms with E-state index in [-0.39, 0.29) is 11.2 Å². The monoisotopic (exact) mass is 375 g/mol. The SMILES string of the molecule is COc1ccc(CNC(=O)[C@H](C)Sc2nc3ccc(Cl)cc3[nH]2)cc1. The van der Waals surface area contributed by atoms with Crippen molar-refractivity contribution < 1.29 is 9.53 Å². The van der Waals surface area contributed by atoms with Crippen molar-refractivity contribution in [2.45, 2.75) is 23.9 Å². The summed E-state index contributed by atoms with van der Waals surface area (Å²) in [5.41, 5.74) is 2.71. The van der Waals surface area contributed by atoms with Gasteiger partial charge in [-0.25, -0.2) is 4.98 Å². The van der Waals surface area contributed by atoms with Crippen molar-refractivity contribution in [2.75, 3.05) is 7.11 Å². The van der Waals surface area contributed by atoms with Crippen LogP contribution in [0.15, 0.2) is 47.6 Å². The first kappa shape index (κ1) is 17.6. The van der Waals surface area contributed by atoms with E-state index >= 15 is 0 Å². The average molecular weight is 376 g/mol. The third-order valence-corrected chi connectivity index (χ3v) is 4.92. The second-order valence-electron chi connectivity index (χ2n) is 5.53. The number of nitrogens with zero attached hydrogens (tertiary/aromatic N) is 1. The number of hydrogen-bond donors (Lipinski definition) is 2. The van der Waals surface area contributed by atoms with Gasteiger partial charge in [-0.15, -0.1) is 0 Å². The largest absolute Gasteiger partial charge is 0.497 e. The number of aromatic amines is 1. The molecule has 3 aromatic rings. The summed E-state index contributed by atoms with van der Waals surface area (Å²) in [5.74, 6) is 0.753. The molecule has 0 aliphatic carbocycles. The fourth-order valence-electron chi connectivity index (χ4n) is 2.31. The zero-order valence-corrected chi connectivity index (χ0v) is 15.4. The summed E-state index contributed by atoms with van der Waals surface area (Å²) in [4.78, 5) is 19.9. The van der Waals surface area contributed by atoms with Gasteiger partial charge >= 0.3 is 0 Å². The molecule has 1 atom stereocenters. The van der Waals surface area contributed by atoms with Gasteiger partial charge in [0.25, 0.3) is 0 Å². The lowest BCUT2D eigenvalue weighted by Gasteiger charge is -2.11. The van der Waals surface area contributed by atoms with Crippen molar-refractivity contribution in [3.63, 3.8) is 0 Å². The van der Waals surface area contributed by atoms with Crippen LogP contribution in [0.2, 0.25) is 5.02 Å². The number of ether oxygens (including phenoxy) is 1. The van der Waals surface area contributed by atoms with Crippen LogP contribution >= 0.6 is 23.4 Å². The molecule has 1 amide bonds. The molecule has 0 unspecified atom stereocenters. The number of amides is 1. The third kappa shape index (κ3) is 4.46. The molecule has 0 aliphatic rings. The second-order valence-corrected chi connectivity index (χ2v) is 7.30. The number of methoxy groups -OCH3 is 1. The number of carbonyl (C=O) groups is 1. The van der Waals surface area contributed by atoms with Crippen molar-refractivity contribution in [3.8, 4) is 5.75 Å². The van der Waals surface area contributed by atoms with Crippen molar-refractivity contribution in [1.82, 2.24) is 15.3 Å². The highest BCUT2D eigenvalue weighted by atomic mass is 35.5. The number of H-pyrrole nitrogens is 1. The number of imidazole rings is 1. The molecular weight excluding hydrogens is 358 g/mol. The van der Waals surface area contributed by atoms with E-state index in [1.54, 1.807) is 13.2 Å². The van der Waals surface area contributed by atoms with E-state index in [1.165, 1.54) is 11.8 Å². The highest BCUT2D eigenvalue weighted by Gasteiger charge is 2.16. The molecule has 0 aliphatic heterocycles. The molecule has 7 heteroatoms. The molecule has 130 valence electrons. The Labute approximate surface area is 155 Å². The molecule has 5 nitrogen and oxygen atoms in total. The Balaban J connectivity index is 1.57. The number of nitrogens with one attached hydrogen (secondary N) is 2. The van der Waals surface area contributed by atoms with E-state index in [9.17, 15) is 4.79 Å². The van der Waals surface area contributed by atoms with Crippen LogP contribution < -0.4 is 10.1 Å². The third-order valence-electron chi connectivity index (χ3n) is 3.71. The Morgan fingerprint density at radius 3 is 2.80 bits per heavy atom. The van der Waals surface area contributed by atoms with Crippen LogP contribution in [-0.2, 0) is 11.3 Å². The molecule has 1 heterocycles. The summed E-state index contributed by atoms with van der Waals surface area (Å²) in [6.45, 7) is 2.33. The molecule has 0 radical (unpaired) electrons.